The molecule has 0 aromatic carbocycles. The summed E-state index contributed by atoms with van der Waals surface area (Å²) >= 11 is 0. The summed E-state index contributed by atoms with van der Waals surface area (Å²) in [6, 6.07) is -0.904. The Morgan fingerprint density at radius 3 is 1.40 bits per heavy atom. The molecular weight excluding hydrogens is 744 g/mol. The molecule has 0 aromatic rings. The Bertz CT molecular complexity index is 1040. The number of phosphoric ester groups is 1. The minimum atomic E-state index is -4.59. The number of aliphatic hydroxyl groups excluding tert-OH is 1. The summed E-state index contributed by atoms with van der Waals surface area (Å²) < 4.78 is 23.1. The van der Waals surface area contributed by atoms with E-state index in [1.54, 1.807) is 6.08 Å². The van der Waals surface area contributed by atoms with Gasteiger partial charge in [0.1, 0.15) is 13.2 Å². The minimum absolute atomic E-state index is 0.00829. The van der Waals surface area contributed by atoms with Crippen molar-refractivity contribution in [2.24, 2.45) is 0 Å². The van der Waals surface area contributed by atoms with Gasteiger partial charge in [0.05, 0.1) is 39.9 Å². The lowest BCUT2D eigenvalue weighted by molar-refractivity contribution is -0.870. The first-order valence-corrected chi connectivity index (χ1v) is 25.8. The number of likely N-dealkylation sites (N-methyl/N-ethyl adjacent to an activating group) is 1. The lowest BCUT2D eigenvalue weighted by atomic mass is 10.0. The Morgan fingerprint density at radius 1 is 0.621 bits per heavy atom. The smallest absolute Gasteiger partial charge is 0.268 e. The van der Waals surface area contributed by atoms with Crippen LogP contribution in [0.5, 0.6) is 0 Å². The van der Waals surface area contributed by atoms with Crippen LogP contribution in [0.1, 0.15) is 219 Å². The Labute approximate surface area is 359 Å². The van der Waals surface area contributed by atoms with Gasteiger partial charge in [-0.2, -0.15) is 0 Å². The number of aliphatic hydroxyl groups is 1. The molecule has 3 atom stereocenters. The third-order valence-electron chi connectivity index (χ3n) is 10.9. The number of carbonyl (C=O) groups excluding carboxylic acids is 1. The van der Waals surface area contributed by atoms with Crippen molar-refractivity contribution in [3.63, 3.8) is 0 Å². The molecule has 0 radical (unpaired) electrons. The first-order chi connectivity index (χ1) is 28.0. The van der Waals surface area contributed by atoms with Crippen LogP contribution in [0.15, 0.2) is 36.5 Å². The monoisotopic (exact) mass is 839 g/mol. The predicted molar refractivity (Wildman–Crippen MR) is 247 cm³/mol. The Balaban J connectivity index is 4.05. The number of quaternary nitrogens is 1. The molecule has 0 aliphatic carbocycles. The van der Waals surface area contributed by atoms with Gasteiger partial charge in [0, 0.05) is 6.42 Å². The maximum atomic E-state index is 12.8. The van der Waals surface area contributed by atoms with Crippen molar-refractivity contribution in [1.29, 1.82) is 0 Å². The molecule has 2 N–H and O–H groups in total. The third kappa shape index (κ3) is 42.8. The van der Waals surface area contributed by atoms with E-state index in [1.807, 2.05) is 40.2 Å². The van der Waals surface area contributed by atoms with E-state index < -0.39 is 26.6 Å². The van der Waals surface area contributed by atoms with Crippen LogP contribution < -0.4 is 10.2 Å². The van der Waals surface area contributed by atoms with E-state index in [9.17, 15) is 19.4 Å². The zero-order valence-electron chi connectivity index (χ0n) is 38.8. The average Bonchev–Trinajstić information content (AvgIpc) is 3.17. The summed E-state index contributed by atoms with van der Waals surface area (Å²) in [6.45, 7) is 4.39. The molecule has 0 aromatic heterocycles. The summed E-state index contributed by atoms with van der Waals surface area (Å²) in [5.74, 6) is -0.212. The minimum Gasteiger partial charge on any atom is -0.756 e. The van der Waals surface area contributed by atoms with E-state index in [0.717, 1.165) is 44.9 Å². The second-order valence-corrected chi connectivity index (χ2v) is 19.2. The predicted octanol–water partition coefficient (Wildman–Crippen LogP) is 13.2. The molecule has 0 spiro atoms. The molecule has 1 amide bonds. The average molecular weight is 839 g/mol. The largest absolute Gasteiger partial charge is 0.756 e. The SMILES string of the molecule is C/C=C/CC/C=C/CC/C=C/C(O)C(COP(=O)([O-])OCC[N+](C)(C)C)NC(=O)CCCCCCCCCCCCCCCCCCCCCCCCCCCCC. The molecule has 58 heavy (non-hydrogen) atoms. The van der Waals surface area contributed by atoms with Crippen LogP contribution in [0.3, 0.4) is 0 Å². The molecule has 8 nitrogen and oxygen atoms in total. The molecule has 0 saturated heterocycles. The van der Waals surface area contributed by atoms with Gasteiger partial charge >= 0.3 is 0 Å². The second kappa shape index (κ2) is 41.1. The first kappa shape index (κ1) is 56.7. The molecule has 0 aliphatic heterocycles. The molecule has 0 rings (SSSR count). The second-order valence-electron chi connectivity index (χ2n) is 17.8. The fraction of sp³-hybridized carbons (Fsp3) is 0.857. The van der Waals surface area contributed by atoms with Crippen LogP contribution in [0.2, 0.25) is 0 Å². The maximum absolute atomic E-state index is 12.8. The molecule has 0 aliphatic rings. The van der Waals surface area contributed by atoms with Crippen LogP contribution in [0, 0.1) is 0 Å². The number of hydrogen-bond acceptors (Lipinski definition) is 6. The number of nitrogens with zero attached hydrogens (tertiary/aromatic N) is 1. The lowest BCUT2D eigenvalue weighted by Gasteiger charge is -2.29. The Hall–Kier alpha value is -1.28. The van der Waals surface area contributed by atoms with Crippen LogP contribution in [-0.4, -0.2) is 68.5 Å². The van der Waals surface area contributed by atoms with Crippen LogP contribution in [-0.2, 0) is 18.4 Å². The fourth-order valence-electron chi connectivity index (χ4n) is 7.08. The number of carbonyl (C=O) groups is 1. The molecule has 0 saturated carbocycles. The molecular formula is C49H95N2O6P. The van der Waals surface area contributed by atoms with Gasteiger partial charge < -0.3 is 28.8 Å². The number of phosphoric acid groups is 1. The van der Waals surface area contributed by atoms with Crippen molar-refractivity contribution >= 4 is 13.7 Å². The van der Waals surface area contributed by atoms with Gasteiger partial charge in [0.2, 0.25) is 5.91 Å². The van der Waals surface area contributed by atoms with Gasteiger partial charge in [-0.1, -0.05) is 210 Å². The molecule has 342 valence electrons. The summed E-state index contributed by atoms with van der Waals surface area (Å²) in [5.41, 5.74) is 0. The number of hydrogen-bond donors (Lipinski definition) is 2. The lowest BCUT2D eigenvalue weighted by Crippen LogP contribution is -2.45. The zero-order chi connectivity index (χ0) is 42.8. The highest BCUT2D eigenvalue weighted by molar-refractivity contribution is 7.45. The Morgan fingerprint density at radius 2 is 1.00 bits per heavy atom. The van der Waals surface area contributed by atoms with Gasteiger partial charge in [0.25, 0.3) is 7.82 Å². The quantitative estimate of drug-likeness (QED) is 0.0274. The van der Waals surface area contributed by atoms with E-state index in [1.165, 1.54) is 154 Å². The number of nitrogens with one attached hydrogen (secondary N) is 1. The molecule has 3 unspecified atom stereocenters. The highest BCUT2D eigenvalue weighted by Gasteiger charge is 2.23. The van der Waals surface area contributed by atoms with Gasteiger partial charge in [-0.25, -0.2) is 0 Å². The van der Waals surface area contributed by atoms with Crippen molar-refractivity contribution in [2.45, 2.75) is 231 Å². The fourth-order valence-corrected chi connectivity index (χ4v) is 7.80. The highest BCUT2D eigenvalue weighted by atomic mass is 31.2. The summed E-state index contributed by atoms with van der Waals surface area (Å²) in [7, 11) is 1.24. The molecule has 0 bridgehead atoms. The maximum Gasteiger partial charge on any atom is 0.268 e. The third-order valence-corrected chi connectivity index (χ3v) is 11.9. The van der Waals surface area contributed by atoms with Crippen molar-refractivity contribution in [3.8, 4) is 0 Å². The number of rotatable bonds is 44. The van der Waals surface area contributed by atoms with E-state index in [-0.39, 0.29) is 12.5 Å². The van der Waals surface area contributed by atoms with Crippen LogP contribution in [0.25, 0.3) is 0 Å². The van der Waals surface area contributed by atoms with E-state index in [4.69, 9.17) is 9.05 Å². The summed E-state index contributed by atoms with van der Waals surface area (Å²) in [5, 5.41) is 13.7. The van der Waals surface area contributed by atoms with Gasteiger partial charge in [-0.15, -0.1) is 0 Å². The molecule has 0 heterocycles. The van der Waals surface area contributed by atoms with Crippen molar-refractivity contribution in [3.05, 3.63) is 36.5 Å². The van der Waals surface area contributed by atoms with E-state index in [0.29, 0.717) is 17.4 Å². The standard InChI is InChI=1S/C49H95N2O6P/c1-6-8-10-12-14-16-17-18-19-20-21-22-23-24-25-26-27-28-29-30-31-32-33-35-37-39-41-43-49(53)50-47(46-57-58(54,55)56-45-44-51(3,4)5)48(52)42-40-38-36-34-15-13-11-9-7-2/h7,9,15,34,40,42,47-48,52H,6,8,10-14,16-33,35-39,41,43-46H2,1-5H3,(H-,50,53,54,55)/b9-7+,34-15+,42-40+. The van der Waals surface area contributed by atoms with Crippen molar-refractivity contribution < 1.29 is 32.9 Å². The molecule has 9 heteroatoms. The van der Waals surface area contributed by atoms with Crippen LogP contribution in [0.4, 0.5) is 0 Å². The zero-order valence-corrected chi connectivity index (χ0v) is 39.6. The first-order valence-electron chi connectivity index (χ1n) is 24.3. The van der Waals surface area contributed by atoms with E-state index >= 15 is 0 Å². The van der Waals surface area contributed by atoms with Gasteiger partial charge in [0.15, 0.2) is 0 Å². The van der Waals surface area contributed by atoms with Crippen molar-refractivity contribution in [1.82, 2.24) is 5.32 Å². The Kier molecular flexibility index (Phi) is 40.2. The molecule has 0 fully saturated rings. The van der Waals surface area contributed by atoms with Crippen molar-refractivity contribution in [2.75, 3.05) is 40.9 Å². The highest BCUT2D eigenvalue weighted by Crippen LogP contribution is 2.38. The topological polar surface area (TPSA) is 108 Å². The van der Waals surface area contributed by atoms with E-state index in [2.05, 4.69) is 30.5 Å². The normalized spacial score (nSPS) is 14.5. The van der Waals surface area contributed by atoms with Gasteiger partial charge in [-0.05, 0) is 39.0 Å². The summed E-state index contributed by atoms with van der Waals surface area (Å²) in [4.78, 5) is 25.2. The van der Waals surface area contributed by atoms with Gasteiger partial charge in [-0.3, -0.25) is 9.36 Å². The van der Waals surface area contributed by atoms with Crippen LogP contribution >= 0.6 is 7.82 Å². The number of allylic oxidation sites excluding steroid dienone is 5. The summed E-state index contributed by atoms with van der Waals surface area (Å²) in [6.07, 6.45) is 51.1. The number of amides is 1. The number of unbranched alkanes of at least 4 members (excludes halogenated alkanes) is 28.